The van der Waals surface area contributed by atoms with Crippen molar-refractivity contribution >= 4 is 5.69 Å². The van der Waals surface area contributed by atoms with Gasteiger partial charge in [-0.3, -0.25) is 0 Å². The third-order valence-corrected chi connectivity index (χ3v) is 2.87. The number of rotatable bonds is 4. The Labute approximate surface area is 106 Å². The first-order chi connectivity index (χ1) is 8.61. The summed E-state index contributed by atoms with van der Waals surface area (Å²) >= 11 is 0. The fourth-order valence-electron chi connectivity index (χ4n) is 1.72. The number of anilines is 1. The van der Waals surface area contributed by atoms with Crippen LogP contribution in [0.2, 0.25) is 0 Å². The van der Waals surface area contributed by atoms with Crippen molar-refractivity contribution in [3.05, 3.63) is 23.8 Å². The first-order valence-electron chi connectivity index (χ1n) is 5.77. The van der Waals surface area contributed by atoms with Crippen molar-refractivity contribution in [3.8, 4) is 11.4 Å². The highest BCUT2D eigenvalue weighted by Gasteiger charge is 2.13. The Kier molecular flexibility index (Phi) is 3.57. The lowest BCUT2D eigenvalue weighted by Gasteiger charge is -2.11. The molecule has 0 spiro atoms. The maximum atomic E-state index is 5.81. The Morgan fingerprint density at radius 2 is 2.22 bits per heavy atom. The molecule has 0 fully saturated rings. The van der Waals surface area contributed by atoms with Crippen LogP contribution in [-0.2, 0) is 11.3 Å². The molecule has 0 radical (unpaired) electrons. The zero-order valence-corrected chi connectivity index (χ0v) is 10.8. The molecule has 2 N–H and O–H groups in total. The quantitative estimate of drug-likeness (QED) is 0.823. The second-order valence-electron chi connectivity index (χ2n) is 4.31. The van der Waals surface area contributed by atoms with Gasteiger partial charge >= 0.3 is 0 Å². The van der Waals surface area contributed by atoms with Gasteiger partial charge in [-0.1, -0.05) is 6.07 Å². The van der Waals surface area contributed by atoms with E-state index < -0.39 is 0 Å². The van der Waals surface area contributed by atoms with Crippen molar-refractivity contribution < 1.29 is 4.74 Å². The summed E-state index contributed by atoms with van der Waals surface area (Å²) in [6.45, 7) is 4.58. The predicted octanol–water partition coefficient (Wildman–Crippen LogP) is 1.27. The van der Waals surface area contributed by atoms with Gasteiger partial charge in [-0.05, 0) is 42.0 Å². The molecule has 96 valence electrons. The Morgan fingerprint density at radius 3 is 2.94 bits per heavy atom. The fraction of sp³-hybridized carbons (Fsp3) is 0.417. The summed E-state index contributed by atoms with van der Waals surface area (Å²) < 4.78 is 6.96. The van der Waals surface area contributed by atoms with Crippen LogP contribution in [0, 0.1) is 6.92 Å². The summed E-state index contributed by atoms with van der Waals surface area (Å²) in [7, 11) is 1.67. The molecule has 0 saturated carbocycles. The van der Waals surface area contributed by atoms with E-state index >= 15 is 0 Å². The minimum absolute atomic E-state index is 0.0496. The predicted molar refractivity (Wildman–Crippen MR) is 68.9 cm³/mol. The summed E-state index contributed by atoms with van der Waals surface area (Å²) in [5.74, 6) is 0.712. The van der Waals surface area contributed by atoms with Crippen LogP contribution in [0.5, 0.6) is 0 Å². The van der Waals surface area contributed by atoms with Gasteiger partial charge in [0, 0.05) is 18.4 Å². The van der Waals surface area contributed by atoms with E-state index in [2.05, 4.69) is 15.5 Å². The highest BCUT2D eigenvalue weighted by Crippen LogP contribution is 2.23. The standard InChI is InChI=1S/C12H17N5O/c1-8-4-5-10(13)6-11(8)12-14-15-16-17(12)7-9(2)18-3/h4-6,9H,7,13H2,1-3H3. The average Bonchev–Trinajstić information content (AvgIpc) is 2.80. The number of nitrogens with zero attached hydrogens (tertiary/aromatic N) is 4. The molecular weight excluding hydrogens is 230 g/mol. The number of ether oxygens (including phenoxy) is 1. The lowest BCUT2D eigenvalue weighted by Crippen LogP contribution is -2.17. The molecule has 2 rings (SSSR count). The molecule has 18 heavy (non-hydrogen) atoms. The largest absolute Gasteiger partial charge is 0.399 e. The number of methoxy groups -OCH3 is 1. The highest BCUT2D eigenvalue weighted by molar-refractivity contribution is 5.65. The molecule has 1 atom stereocenters. The van der Waals surface area contributed by atoms with Crippen molar-refractivity contribution in [2.24, 2.45) is 0 Å². The summed E-state index contributed by atoms with van der Waals surface area (Å²) in [6.07, 6.45) is 0.0496. The summed E-state index contributed by atoms with van der Waals surface area (Å²) in [5, 5.41) is 11.8. The first-order valence-corrected chi connectivity index (χ1v) is 5.77. The van der Waals surface area contributed by atoms with Crippen molar-refractivity contribution in [2.75, 3.05) is 12.8 Å². The molecule has 6 heteroatoms. The maximum Gasteiger partial charge on any atom is 0.182 e. The van der Waals surface area contributed by atoms with Gasteiger partial charge in [0.1, 0.15) is 0 Å². The van der Waals surface area contributed by atoms with Gasteiger partial charge in [-0.25, -0.2) is 4.68 Å². The van der Waals surface area contributed by atoms with Crippen LogP contribution in [0.3, 0.4) is 0 Å². The molecular formula is C12H17N5O. The number of hydrogen-bond donors (Lipinski definition) is 1. The number of aromatic nitrogens is 4. The van der Waals surface area contributed by atoms with Gasteiger partial charge in [0.15, 0.2) is 5.82 Å². The van der Waals surface area contributed by atoms with Crippen LogP contribution >= 0.6 is 0 Å². The molecule has 0 aliphatic heterocycles. The van der Waals surface area contributed by atoms with Crippen LogP contribution in [0.1, 0.15) is 12.5 Å². The molecule has 0 aliphatic carbocycles. The number of hydrogen-bond acceptors (Lipinski definition) is 5. The molecule has 2 aromatic rings. The van der Waals surface area contributed by atoms with Crippen LogP contribution in [0.15, 0.2) is 18.2 Å². The molecule has 0 amide bonds. The molecule has 0 bridgehead atoms. The van der Waals surface area contributed by atoms with Gasteiger partial charge < -0.3 is 10.5 Å². The van der Waals surface area contributed by atoms with E-state index in [1.807, 2.05) is 32.0 Å². The lowest BCUT2D eigenvalue weighted by molar-refractivity contribution is 0.0997. The van der Waals surface area contributed by atoms with E-state index in [0.717, 1.165) is 11.1 Å². The number of nitrogen functional groups attached to an aromatic ring is 1. The molecule has 6 nitrogen and oxygen atoms in total. The lowest BCUT2D eigenvalue weighted by atomic mass is 10.1. The molecule has 0 saturated heterocycles. The fourth-order valence-corrected chi connectivity index (χ4v) is 1.72. The molecule has 1 unspecified atom stereocenters. The minimum atomic E-state index is 0.0496. The van der Waals surface area contributed by atoms with Gasteiger partial charge in [-0.15, -0.1) is 5.10 Å². The second-order valence-corrected chi connectivity index (χ2v) is 4.31. The second kappa shape index (κ2) is 5.14. The van der Waals surface area contributed by atoms with Crippen molar-refractivity contribution in [3.63, 3.8) is 0 Å². The minimum Gasteiger partial charge on any atom is -0.399 e. The van der Waals surface area contributed by atoms with E-state index in [4.69, 9.17) is 10.5 Å². The summed E-state index contributed by atoms with van der Waals surface area (Å²) in [6, 6.07) is 5.71. The van der Waals surface area contributed by atoms with Crippen molar-refractivity contribution in [1.82, 2.24) is 20.2 Å². The van der Waals surface area contributed by atoms with Crippen LogP contribution in [0.4, 0.5) is 5.69 Å². The maximum absolute atomic E-state index is 5.81. The third kappa shape index (κ3) is 2.48. The van der Waals surface area contributed by atoms with Crippen molar-refractivity contribution in [2.45, 2.75) is 26.5 Å². The molecule has 1 aromatic heterocycles. The smallest absolute Gasteiger partial charge is 0.182 e. The zero-order valence-electron chi connectivity index (χ0n) is 10.8. The molecule has 0 aliphatic rings. The number of tetrazole rings is 1. The Balaban J connectivity index is 2.39. The normalized spacial score (nSPS) is 12.6. The topological polar surface area (TPSA) is 78.8 Å². The number of nitrogens with two attached hydrogens (primary N) is 1. The average molecular weight is 247 g/mol. The van der Waals surface area contributed by atoms with E-state index in [1.165, 1.54) is 0 Å². The van der Waals surface area contributed by atoms with E-state index in [-0.39, 0.29) is 6.10 Å². The Bertz CT molecular complexity index is 537. The van der Waals surface area contributed by atoms with E-state index in [0.29, 0.717) is 18.1 Å². The SMILES string of the molecule is COC(C)Cn1nnnc1-c1cc(N)ccc1C. The van der Waals surface area contributed by atoms with Crippen LogP contribution in [-0.4, -0.2) is 33.4 Å². The molecule has 1 aromatic carbocycles. The third-order valence-electron chi connectivity index (χ3n) is 2.87. The van der Waals surface area contributed by atoms with Gasteiger partial charge in [0.2, 0.25) is 0 Å². The molecule has 1 heterocycles. The number of benzene rings is 1. The monoisotopic (exact) mass is 247 g/mol. The summed E-state index contributed by atoms with van der Waals surface area (Å²) in [4.78, 5) is 0. The highest BCUT2D eigenvalue weighted by atomic mass is 16.5. The Morgan fingerprint density at radius 1 is 1.44 bits per heavy atom. The van der Waals surface area contributed by atoms with Gasteiger partial charge in [0.25, 0.3) is 0 Å². The van der Waals surface area contributed by atoms with Crippen LogP contribution < -0.4 is 5.73 Å². The van der Waals surface area contributed by atoms with Gasteiger partial charge in [-0.2, -0.15) is 0 Å². The van der Waals surface area contributed by atoms with E-state index in [1.54, 1.807) is 11.8 Å². The summed E-state index contributed by atoms with van der Waals surface area (Å²) in [5.41, 5.74) is 8.54. The number of aryl methyl sites for hydroxylation is 1. The van der Waals surface area contributed by atoms with Crippen molar-refractivity contribution in [1.29, 1.82) is 0 Å². The first kappa shape index (κ1) is 12.5. The van der Waals surface area contributed by atoms with E-state index in [9.17, 15) is 0 Å². The van der Waals surface area contributed by atoms with Crippen LogP contribution in [0.25, 0.3) is 11.4 Å². The van der Waals surface area contributed by atoms with Gasteiger partial charge in [0.05, 0.1) is 12.6 Å². The zero-order chi connectivity index (χ0) is 13.1. The Hall–Kier alpha value is -1.95.